The zero-order chi connectivity index (χ0) is 69.6. The van der Waals surface area contributed by atoms with E-state index in [1.807, 2.05) is 18.2 Å². The minimum Gasteiger partial charge on any atom is -0.0622 e. The van der Waals surface area contributed by atoms with E-state index >= 15 is 0 Å². The van der Waals surface area contributed by atoms with E-state index in [1.165, 1.54) is 149 Å². The van der Waals surface area contributed by atoms with Crippen LogP contribution in [-0.2, 0) is 5.41 Å². The van der Waals surface area contributed by atoms with E-state index in [-0.39, 0.29) is 5.41 Å². The number of fused-ring (bicyclic) bond motifs is 6. The van der Waals surface area contributed by atoms with Crippen LogP contribution in [0.1, 0.15) is 63.9 Å². The second-order valence-corrected chi connectivity index (χ2v) is 26.5. The van der Waals surface area contributed by atoms with Gasteiger partial charge in [-0.1, -0.05) is 423 Å². The lowest BCUT2D eigenvalue weighted by Crippen LogP contribution is -2.14. The monoisotopic (exact) mass is 1290 g/mol. The van der Waals surface area contributed by atoms with Gasteiger partial charge < -0.3 is 0 Å². The molecule has 0 saturated carbocycles. The quantitative estimate of drug-likeness (QED) is 0.161. The first-order valence-electron chi connectivity index (χ1n) is 34.9. The molecule has 0 radical (unpaired) electrons. The third kappa shape index (κ3) is 18.5. The molecule has 0 heterocycles. The van der Waals surface area contributed by atoms with Crippen molar-refractivity contribution in [1.29, 1.82) is 0 Å². The van der Waals surface area contributed by atoms with Crippen LogP contribution in [0.3, 0.4) is 0 Å². The molecule has 0 amide bonds. The van der Waals surface area contributed by atoms with E-state index < -0.39 is 0 Å². The summed E-state index contributed by atoms with van der Waals surface area (Å²) < 4.78 is 0. The Morgan fingerprint density at radius 2 is 0.510 bits per heavy atom. The molecule has 0 heteroatoms. The van der Waals surface area contributed by atoms with Gasteiger partial charge in [-0.2, -0.15) is 0 Å². The lowest BCUT2D eigenvalue weighted by molar-refractivity contribution is 0.660. The van der Waals surface area contributed by atoms with Gasteiger partial charge in [0, 0.05) is 5.41 Å². The lowest BCUT2D eigenvalue weighted by Gasteiger charge is -2.21. The molecule has 100 heavy (non-hydrogen) atoms. The fraction of sp³-hybridized carbons (Fsp3) is 0.100. The van der Waals surface area contributed by atoms with Crippen molar-refractivity contribution >= 4 is 32.3 Å². The standard InChI is InChI=1S/2C17H14.C16H16.3C13H12.C11H10/c1-13-9-11-15(12-10-13)17-8-4-6-14-5-2-3-7-16(14)17;1-13-6-8-15(9-7-13)17-11-10-14-4-2-3-5-16(14)12-17;1-11-8-9-13-12-6-4-5-7-14(12)16(2,3)15(13)10-11;1-11-7-5-6-10-13(11)12-8-3-2-4-9-12;1-11-6-5-9-13(10-11)12-7-3-2-4-8-12;1-11-7-9-13(10-8-11)12-5-3-2-4-6-12;1-9-6-7-10-4-2-3-5-11(10)8-9/h2*2-12H,1H3;4-10H,1-3H3;3*2-10H,1H3;2-8H,1H3. The number of benzene rings is 16. The maximum absolute atomic E-state index is 2.33. The van der Waals surface area contributed by atoms with Gasteiger partial charge in [-0.3, -0.25) is 0 Å². The molecule has 0 nitrogen and oxygen atoms in total. The van der Waals surface area contributed by atoms with Gasteiger partial charge in [0.05, 0.1) is 0 Å². The van der Waals surface area contributed by atoms with Crippen LogP contribution in [0.2, 0.25) is 0 Å². The van der Waals surface area contributed by atoms with Crippen molar-refractivity contribution in [1.82, 2.24) is 0 Å². The number of hydrogen-bond acceptors (Lipinski definition) is 0. The predicted octanol–water partition coefficient (Wildman–Crippen LogP) is 28.1. The zero-order valence-electron chi connectivity index (χ0n) is 59.4. The summed E-state index contributed by atoms with van der Waals surface area (Å²) in [5.41, 5.74) is 28.0. The number of hydrogen-bond donors (Lipinski definition) is 0. The molecule has 0 atom stereocenters. The molecule has 490 valence electrons. The fourth-order valence-corrected chi connectivity index (χ4v) is 12.8. The van der Waals surface area contributed by atoms with Crippen LogP contribution in [-0.4, -0.2) is 0 Å². The minimum atomic E-state index is 0.151. The van der Waals surface area contributed by atoms with Gasteiger partial charge in [-0.25, -0.2) is 0 Å². The van der Waals surface area contributed by atoms with Gasteiger partial charge in [0.15, 0.2) is 0 Å². The smallest absolute Gasteiger partial charge is 0.0158 e. The molecule has 0 spiro atoms. The van der Waals surface area contributed by atoms with Gasteiger partial charge in [0.25, 0.3) is 0 Å². The van der Waals surface area contributed by atoms with E-state index in [2.05, 4.69) is 426 Å². The van der Waals surface area contributed by atoms with Crippen molar-refractivity contribution in [2.45, 2.75) is 67.7 Å². The second kappa shape index (κ2) is 34.0. The van der Waals surface area contributed by atoms with Crippen LogP contribution in [0.4, 0.5) is 0 Å². The molecule has 0 saturated heterocycles. The third-order valence-electron chi connectivity index (χ3n) is 18.4. The molecule has 17 rings (SSSR count). The summed E-state index contributed by atoms with van der Waals surface area (Å²) in [7, 11) is 0. The number of rotatable bonds is 5. The maximum Gasteiger partial charge on any atom is 0.0158 e. The molecule has 0 N–H and O–H groups in total. The highest BCUT2D eigenvalue weighted by Gasteiger charge is 2.34. The maximum atomic E-state index is 2.33. The van der Waals surface area contributed by atoms with E-state index in [1.54, 1.807) is 0 Å². The van der Waals surface area contributed by atoms with Gasteiger partial charge >= 0.3 is 0 Å². The summed E-state index contributed by atoms with van der Waals surface area (Å²) in [6.07, 6.45) is 0. The lowest BCUT2D eigenvalue weighted by atomic mass is 9.82. The first kappa shape index (κ1) is 69.6. The first-order valence-corrected chi connectivity index (χ1v) is 34.9. The van der Waals surface area contributed by atoms with Crippen LogP contribution >= 0.6 is 0 Å². The molecular weight excluding hydrogens is 1200 g/mol. The summed E-state index contributed by atoms with van der Waals surface area (Å²) in [5, 5.41) is 7.85. The van der Waals surface area contributed by atoms with Crippen LogP contribution in [0.5, 0.6) is 0 Å². The van der Waals surface area contributed by atoms with E-state index in [0.717, 1.165) is 0 Å². The minimum absolute atomic E-state index is 0.151. The molecule has 16 aromatic rings. The Morgan fingerprint density at radius 1 is 0.170 bits per heavy atom. The molecule has 1 aliphatic rings. The van der Waals surface area contributed by atoms with Crippen LogP contribution in [0.15, 0.2) is 382 Å². The Bertz CT molecular complexity index is 5220. The number of aryl methyl sites for hydroxylation is 7. The van der Waals surface area contributed by atoms with E-state index in [4.69, 9.17) is 0 Å². The van der Waals surface area contributed by atoms with E-state index in [9.17, 15) is 0 Å². The Kier molecular flexibility index (Phi) is 23.7. The Morgan fingerprint density at radius 3 is 1.10 bits per heavy atom. The van der Waals surface area contributed by atoms with Crippen molar-refractivity contribution in [3.8, 4) is 66.8 Å². The highest BCUT2D eigenvalue weighted by molar-refractivity contribution is 5.96. The van der Waals surface area contributed by atoms with Gasteiger partial charge in [-0.15, -0.1) is 0 Å². The molecule has 16 aromatic carbocycles. The van der Waals surface area contributed by atoms with Crippen molar-refractivity contribution in [2.24, 2.45) is 0 Å². The zero-order valence-corrected chi connectivity index (χ0v) is 59.4. The van der Waals surface area contributed by atoms with Gasteiger partial charge in [0.2, 0.25) is 0 Å². The molecular formula is C100H90. The highest BCUT2D eigenvalue weighted by atomic mass is 14.4. The Balaban J connectivity index is 0.000000118. The molecule has 0 aromatic heterocycles. The summed E-state index contributed by atoms with van der Waals surface area (Å²) in [5.74, 6) is 0. The van der Waals surface area contributed by atoms with Crippen molar-refractivity contribution in [3.05, 3.63) is 432 Å². The van der Waals surface area contributed by atoms with Crippen molar-refractivity contribution < 1.29 is 0 Å². The van der Waals surface area contributed by atoms with Crippen LogP contribution in [0.25, 0.3) is 99.1 Å². The molecule has 0 fully saturated rings. The molecule has 0 unspecified atom stereocenters. The van der Waals surface area contributed by atoms with Crippen molar-refractivity contribution in [3.63, 3.8) is 0 Å². The average Bonchev–Trinajstić information content (AvgIpc) is 1.58. The first-order chi connectivity index (χ1) is 48.7. The topological polar surface area (TPSA) is 0 Å². The summed E-state index contributed by atoms with van der Waals surface area (Å²) in [6.45, 7) is 19.5. The van der Waals surface area contributed by atoms with Gasteiger partial charge in [-0.05, 0) is 170 Å². The SMILES string of the molecule is Cc1ccc(-c2ccc3ccccc3c2)cc1.Cc1ccc(-c2cccc3ccccc23)cc1.Cc1ccc(-c2ccccc2)cc1.Cc1ccc2c(c1)C(C)(C)c1ccccc1-2.Cc1ccc2ccccc2c1.Cc1cccc(-c2ccccc2)c1.Cc1ccccc1-c1ccccc1. The summed E-state index contributed by atoms with van der Waals surface area (Å²) >= 11 is 0. The third-order valence-corrected chi connectivity index (χ3v) is 18.4. The Hall–Kier alpha value is -11.7. The fourth-order valence-electron chi connectivity index (χ4n) is 12.8. The van der Waals surface area contributed by atoms with Crippen LogP contribution in [0, 0.1) is 48.5 Å². The van der Waals surface area contributed by atoms with Gasteiger partial charge in [0.1, 0.15) is 0 Å². The largest absolute Gasteiger partial charge is 0.0622 e. The predicted molar refractivity (Wildman–Crippen MR) is 436 cm³/mol. The summed E-state index contributed by atoms with van der Waals surface area (Å²) in [4.78, 5) is 0. The van der Waals surface area contributed by atoms with Crippen LogP contribution < -0.4 is 0 Å². The molecule has 1 aliphatic carbocycles. The van der Waals surface area contributed by atoms with E-state index in [0.29, 0.717) is 0 Å². The summed E-state index contributed by atoms with van der Waals surface area (Å²) in [6, 6.07) is 135. The second-order valence-electron chi connectivity index (χ2n) is 26.5. The molecule has 0 bridgehead atoms. The average molecular weight is 1290 g/mol. The van der Waals surface area contributed by atoms with Crippen molar-refractivity contribution in [2.75, 3.05) is 0 Å². The molecule has 0 aliphatic heterocycles. The normalized spacial score (nSPS) is 11.1. The highest BCUT2D eigenvalue weighted by Crippen LogP contribution is 2.48. The Labute approximate surface area is 595 Å².